The number of morpholine rings is 1. The van der Waals surface area contributed by atoms with E-state index in [4.69, 9.17) is 10.5 Å². The molecule has 0 spiro atoms. The number of aromatic nitrogens is 2. The number of nitrogens with two attached hydrogens (primary N) is 1. The second-order valence-electron chi connectivity index (χ2n) is 8.67. The molecule has 7 nitrogen and oxygen atoms in total. The number of amides is 1. The standard InChI is InChI=1S/C26H25F2N5O2/c27-19-10-18(11-20(28)14-19)9-16-2-4-24-22(12-16)25(32-31-24)30-26(34)21-3-1-17(13-23(21)29)15-33-5-7-35-8-6-33/h1-4,10-14H,5-9,15,29H2,(H2,30,31,32,34). The number of hydrogen-bond donors (Lipinski definition) is 3. The molecule has 0 atom stereocenters. The minimum absolute atomic E-state index is 0.334. The third-order valence-corrected chi connectivity index (χ3v) is 6.06. The third-order valence-electron chi connectivity index (χ3n) is 6.06. The van der Waals surface area contributed by atoms with Crippen LogP contribution in [-0.2, 0) is 17.7 Å². The fourth-order valence-corrected chi connectivity index (χ4v) is 4.32. The van der Waals surface area contributed by atoms with E-state index in [9.17, 15) is 13.6 Å². The molecule has 4 aromatic rings. The van der Waals surface area contributed by atoms with Gasteiger partial charge in [-0.05, 0) is 59.5 Å². The van der Waals surface area contributed by atoms with Gasteiger partial charge >= 0.3 is 0 Å². The van der Waals surface area contributed by atoms with Gasteiger partial charge in [-0.25, -0.2) is 8.78 Å². The summed E-state index contributed by atoms with van der Waals surface area (Å²) in [6.45, 7) is 3.91. The van der Waals surface area contributed by atoms with Crippen molar-refractivity contribution in [2.75, 3.05) is 37.4 Å². The second-order valence-corrected chi connectivity index (χ2v) is 8.67. The van der Waals surface area contributed by atoms with Crippen LogP contribution in [0.3, 0.4) is 0 Å². The van der Waals surface area contributed by atoms with Crippen molar-refractivity contribution in [2.45, 2.75) is 13.0 Å². The van der Waals surface area contributed by atoms with E-state index in [-0.39, 0.29) is 5.91 Å². The summed E-state index contributed by atoms with van der Waals surface area (Å²) in [6, 6.07) is 14.4. The van der Waals surface area contributed by atoms with Gasteiger partial charge < -0.3 is 15.8 Å². The third kappa shape index (κ3) is 5.31. The van der Waals surface area contributed by atoms with Crippen LogP contribution >= 0.6 is 0 Å². The quantitative estimate of drug-likeness (QED) is 0.364. The van der Waals surface area contributed by atoms with Crippen LogP contribution in [0.25, 0.3) is 10.9 Å². The Bertz CT molecular complexity index is 1360. The smallest absolute Gasteiger partial charge is 0.258 e. The van der Waals surface area contributed by atoms with Crippen molar-refractivity contribution in [3.63, 3.8) is 0 Å². The van der Waals surface area contributed by atoms with E-state index in [2.05, 4.69) is 20.4 Å². The molecule has 0 saturated carbocycles. The number of H-pyrrole nitrogens is 1. The van der Waals surface area contributed by atoms with Gasteiger partial charge in [0.25, 0.3) is 5.91 Å². The monoisotopic (exact) mass is 477 g/mol. The van der Waals surface area contributed by atoms with Crippen molar-refractivity contribution in [3.05, 3.63) is 88.5 Å². The summed E-state index contributed by atoms with van der Waals surface area (Å²) in [5, 5.41) is 10.6. The average molecular weight is 478 g/mol. The summed E-state index contributed by atoms with van der Waals surface area (Å²) < 4.78 is 32.5. The summed E-state index contributed by atoms with van der Waals surface area (Å²) >= 11 is 0. The number of fused-ring (bicyclic) bond motifs is 1. The number of nitrogen functional groups attached to an aromatic ring is 1. The number of ether oxygens (including phenoxy) is 1. The summed E-state index contributed by atoms with van der Waals surface area (Å²) in [6.07, 6.45) is 0.334. The Balaban J connectivity index is 1.32. The number of carbonyl (C=O) groups excluding carboxylic acids is 1. The van der Waals surface area contributed by atoms with E-state index < -0.39 is 11.6 Å². The van der Waals surface area contributed by atoms with E-state index in [1.807, 2.05) is 30.3 Å². The summed E-state index contributed by atoms with van der Waals surface area (Å²) in [4.78, 5) is 15.3. The van der Waals surface area contributed by atoms with Crippen molar-refractivity contribution in [3.8, 4) is 0 Å². The molecular weight excluding hydrogens is 452 g/mol. The van der Waals surface area contributed by atoms with Gasteiger partial charge in [-0.1, -0.05) is 12.1 Å². The molecular formula is C26H25F2N5O2. The summed E-state index contributed by atoms with van der Waals surface area (Å²) in [5.74, 6) is -1.25. The summed E-state index contributed by atoms with van der Waals surface area (Å²) in [5.41, 5.74) is 10.1. The molecule has 0 radical (unpaired) electrons. The number of nitrogens with one attached hydrogen (secondary N) is 2. The number of aromatic amines is 1. The molecule has 0 aliphatic carbocycles. The molecule has 4 N–H and O–H groups in total. The van der Waals surface area contributed by atoms with Crippen LogP contribution in [0, 0.1) is 11.6 Å². The zero-order valence-corrected chi connectivity index (χ0v) is 19.0. The predicted molar refractivity (Wildman–Crippen MR) is 130 cm³/mol. The molecule has 9 heteroatoms. The van der Waals surface area contributed by atoms with Crippen molar-refractivity contribution >= 4 is 28.3 Å². The number of anilines is 2. The van der Waals surface area contributed by atoms with E-state index in [0.29, 0.717) is 47.7 Å². The molecule has 35 heavy (non-hydrogen) atoms. The molecule has 180 valence electrons. The van der Waals surface area contributed by atoms with Crippen molar-refractivity contribution < 1.29 is 18.3 Å². The Labute approximate surface area is 200 Å². The maximum atomic E-state index is 13.6. The van der Waals surface area contributed by atoms with Crippen molar-refractivity contribution in [1.82, 2.24) is 15.1 Å². The summed E-state index contributed by atoms with van der Waals surface area (Å²) in [7, 11) is 0. The van der Waals surface area contributed by atoms with Crippen LogP contribution in [0.1, 0.15) is 27.0 Å². The zero-order valence-electron chi connectivity index (χ0n) is 19.0. The Hall–Kier alpha value is -3.82. The largest absolute Gasteiger partial charge is 0.398 e. The maximum absolute atomic E-state index is 13.6. The molecule has 1 aromatic heterocycles. The SMILES string of the molecule is Nc1cc(CN2CCOCC2)ccc1C(=O)Nc1n[nH]c2ccc(Cc3cc(F)cc(F)c3)cc12. The molecule has 1 amide bonds. The molecule has 1 fully saturated rings. The highest BCUT2D eigenvalue weighted by Gasteiger charge is 2.16. The highest BCUT2D eigenvalue weighted by molar-refractivity contribution is 6.10. The second kappa shape index (κ2) is 9.81. The maximum Gasteiger partial charge on any atom is 0.258 e. The van der Waals surface area contributed by atoms with E-state index in [0.717, 1.165) is 42.3 Å². The number of nitrogens with zero attached hydrogens (tertiary/aromatic N) is 2. The van der Waals surface area contributed by atoms with Crippen LogP contribution in [0.5, 0.6) is 0 Å². The Morgan fingerprint density at radius 1 is 1.00 bits per heavy atom. The van der Waals surface area contributed by atoms with Crippen LogP contribution in [0.2, 0.25) is 0 Å². The topological polar surface area (TPSA) is 96.3 Å². The average Bonchev–Trinajstić information content (AvgIpc) is 3.21. The highest BCUT2D eigenvalue weighted by atomic mass is 19.1. The normalized spacial score (nSPS) is 14.3. The van der Waals surface area contributed by atoms with Crippen LogP contribution in [0.4, 0.5) is 20.3 Å². The predicted octanol–water partition coefficient (Wildman–Crippen LogP) is 4.10. The fraction of sp³-hybridized carbons (Fsp3) is 0.231. The lowest BCUT2D eigenvalue weighted by atomic mass is 10.0. The Kier molecular flexibility index (Phi) is 6.43. The van der Waals surface area contributed by atoms with Gasteiger partial charge in [0, 0.05) is 36.8 Å². The Morgan fingerprint density at radius 3 is 2.49 bits per heavy atom. The van der Waals surface area contributed by atoms with E-state index >= 15 is 0 Å². The van der Waals surface area contributed by atoms with Crippen LogP contribution < -0.4 is 11.1 Å². The highest BCUT2D eigenvalue weighted by Crippen LogP contribution is 2.25. The number of halogens is 2. The molecule has 0 unspecified atom stereocenters. The molecule has 1 aliphatic heterocycles. The van der Waals surface area contributed by atoms with Gasteiger partial charge in [-0.3, -0.25) is 14.8 Å². The molecule has 1 aliphatic rings. The lowest BCUT2D eigenvalue weighted by molar-refractivity contribution is 0.0342. The number of carbonyl (C=O) groups is 1. The van der Waals surface area contributed by atoms with Gasteiger partial charge in [-0.15, -0.1) is 0 Å². The molecule has 5 rings (SSSR count). The fourth-order valence-electron chi connectivity index (χ4n) is 4.32. The first-order chi connectivity index (χ1) is 16.9. The van der Waals surface area contributed by atoms with Gasteiger partial charge in [0.2, 0.25) is 0 Å². The first kappa shape index (κ1) is 22.9. The molecule has 2 heterocycles. The van der Waals surface area contributed by atoms with Crippen LogP contribution in [0.15, 0.2) is 54.6 Å². The van der Waals surface area contributed by atoms with E-state index in [1.165, 1.54) is 12.1 Å². The Morgan fingerprint density at radius 2 is 1.74 bits per heavy atom. The van der Waals surface area contributed by atoms with Gasteiger partial charge in [0.15, 0.2) is 5.82 Å². The lowest BCUT2D eigenvalue weighted by Gasteiger charge is -2.26. The van der Waals surface area contributed by atoms with Gasteiger partial charge in [0.05, 0.1) is 24.3 Å². The number of benzene rings is 3. The van der Waals surface area contributed by atoms with Crippen LogP contribution in [-0.4, -0.2) is 47.3 Å². The van der Waals surface area contributed by atoms with Crippen molar-refractivity contribution in [2.24, 2.45) is 0 Å². The van der Waals surface area contributed by atoms with E-state index in [1.54, 1.807) is 6.07 Å². The van der Waals surface area contributed by atoms with Gasteiger partial charge in [0.1, 0.15) is 11.6 Å². The number of hydrogen-bond acceptors (Lipinski definition) is 5. The van der Waals surface area contributed by atoms with Gasteiger partial charge in [-0.2, -0.15) is 5.10 Å². The van der Waals surface area contributed by atoms with Crippen molar-refractivity contribution in [1.29, 1.82) is 0 Å². The molecule has 0 bridgehead atoms. The minimum atomic E-state index is -0.620. The first-order valence-electron chi connectivity index (χ1n) is 11.4. The zero-order chi connectivity index (χ0) is 24.4. The number of rotatable bonds is 6. The molecule has 3 aromatic carbocycles. The minimum Gasteiger partial charge on any atom is -0.398 e. The first-order valence-corrected chi connectivity index (χ1v) is 11.4. The molecule has 1 saturated heterocycles. The lowest BCUT2D eigenvalue weighted by Crippen LogP contribution is -2.35.